The third-order valence-corrected chi connectivity index (χ3v) is 11.1. The molecular weight excluding hydrogens is 624 g/mol. The van der Waals surface area contributed by atoms with Crippen LogP contribution in [-0.4, -0.2) is 71.5 Å². The zero-order chi connectivity index (χ0) is 35.9. The number of rotatable bonds is 10. The van der Waals surface area contributed by atoms with Crippen molar-refractivity contribution in [2.24, 2.45) is 5.41 Å². The van der Waals surface area contributed by atoms with Crippen LogP contribution < -0.4 is 5.32 Å². The largest absolute Gasteiger partial charge is 0.393 e. The van der Waals surface area contributed by atoms with Crippen molar-refractivity contribution in [1.29, 1.82) is 0 Å². The fourth-order valence-corrected chi connectivity index (χ4v) is 8.20. The summed E-state index contributed by atoms with van der Waals surface area (Å²) in [4.78, 5) is 30.2. The van der Waals surface area contributed by atoms with E-state index in [4.69, 9.17) is 4.74 Å². The number of fused-ring (bicyclic) bond motifs is 8. The Bertz CT molecular complexity index is 1650. The first kappa shape index (κ1) is 37.5. The second kappa shape index (κ2) is 16.5. The molecule has 0 heterocycles. The van der Waals surface area contributed by atoms with Crippen LogP contribution in [0.3, 0.4) is 0 Å². The maximum Gasteiger partial charge on any atom is 0.317 e. The lowest BCUT2D eigenvalue weighted by molar-refractivity contribution is -0.0775. The molecule has 268 valence electrons. The fraction of sp³-hybridized carbons (Fsp3) is 0.488. The van der Waals surface area contributed by atoms with Gasteiger partial charge in [-0.05, 0) is 106 Å². The van der Waals surface area contributed by atoms with Gasteiger partial charge in [0.25, 0.3) is 0 Å². The average Bonchev–Trinajstić information content (AvgIpc) is 3.35. The molecule has 0 radical (unpaired) electrons. The van der Waals surface area contributed by atoms with Gasteiger partial charge in [-0.1, -0.05) is 85.3 Å². The summed E-state index contributed by atoms with van der Waals surface area (Å²) in [6.07, 6.45) is 6.86. The molecule has 7 heteroatoms. The normalized spacial score (nSPS) is 24.0. The van der Waals surface area contributed by atoms with Crippen molar-refractivity contribution in [3.63, 3.8) is 0 Å². The minimum absolute atomic E-state index is 0.0409. The molecule has 0 aliphatic heterocycles. The molecule has 1 saturated carbocycles. The van der Waals surface area contributed by atoms with Crippen LogP contribution >= 0.6 is 0 Å². The highest BCUT2D eigenvalue weighted by molar-refractivity contribution is 6.13. The molecule has 0 aromatic heterocycles. The number of urea groups is 1. The number of carbonyl (C=O) groups excluding carboxylic acids is 2. The summed E-state index contributed by atoms with van der Waals surface area (Å²) in [5, 5.41) is 26.9. The number of aliphatic hydroxyl groups excluding tert-OH is 1. The Balaban J connectivity index is 1.62. The van der Waals surface area contributed by atoms with Crippen LogP contribution in [0.5, 0.6) is 0 Å². The van der Waals surface area contributed by atoms with Gasteiger partial charge in [-0.25, -0.2) is 4.79 Å². The number of carbonyl (C=O) groups is 2. The van der Waals surface area contributed by atoms with Gasteiger partial charge in [-0.15, -0.1) is 0 Å². The maximum atomic E-state index is 14.9. The number of ether oxygens (including phenoxy) is 1. The number of benzene rings is 3. The zero-order valence-corrected chi connectivity index (χ0v) is 30.6. The first-order chi connectivity index (χ1) is 24.0. The Kier molecular flexibility index (Phi) is 12.4. The summed E-state index contributed by atoms with van der Waals surface area (Å²) in [6.45, 7) is 9.33. The number of nitrogens with zero attached hydrogens (tertiary/aromatic N) is 1. The first-order valence-corrected chi connectivity index (χ1v) is 18.4. The van der Waals surface area contributed by atoms with E-state index in [0.717, 1.165) is 35.1 Å². The number of ketones is 1. The van der Waals surface area contributed by atoms with E-state index in [1.54, 1.807) is 12.0 Å². The number of allylic oxidation sites excluding steroid dienone is 2. The second-order valence-electron chi connectivity index (χ2n) is 15.1. The van der Waals surface area contributed by atoms with Crippen molar-refractivity contribution in [3.8, 4) is 11.1 Å². The van der Waals surface area contributed by atoms with Gasteiger partial charge in [-0.3, -0.25) is 4.79 Å². The van der Waals surface area contributed by atoms with E-state index in [2.05, 4.69) is 37.4 Å². The predicted octanol–water partition coefficient (Wildman–Crippen LogP) is 8.08. The predicted molar refractivity (Wildman–Crippen MR) is 200 cm³/mol. The SMILES string of the molecule is COCCCN(C[C@]1(O)CC[C@H]2c3ccc(cc3C(=O)c3ccccc3-c3ccccc3)C[C@@H](O)CCC(C)=CCC[C@@]21C)C(=O)NC(C)C. The van der Waals surface area contributed by atoms with E-state index in [1.165, 1.54) is 5.57 Å². The van der Waals surface area contributed by atoms with Crippen LogP contribution in [0.15, 0.2) is 84.4 Å². The number of aliphatic hydroxyl groups is 2. The average molecular weight is 681 g/mol. The summed E-state index contributed by atoms with van der Waals surface area (Å²) in [5.41, 5.74) is 4.31. The van der Waals surface area contributed by atoms with Gasteiger partial charge in [-0.2, -0.15) is 0 Å². The lowest BCUT2D eigenvalue weighted by Crippen LogP contribution is -2.56. The fourth-order valence-electron chi connectivity index (χ4n) is 8.20. The molecule has 0 saturated heterocycles. The van der Waals surface area contributed by atoms with E-state index in [0.29, 0.717) is 62.8 Å². The molecule has 3 aromatic rings. The van der Waals surface area contributed by atoms with Crippen molar-refractivity contribution < 1.29 is 24.5 Å². The van der Waals surface area contributed by atoms with Crippen molar-refractivity contribution in [1.82, 2.24) is 10.2 Å². The van der Waals surface area contributed by atoms with E-state index < -0.39 is 17.1 Å². The van der Waals surface area contributed by atoms with Crippen molar-refractivity contribution in [3.05, 3.63) is 107 Å². The molecule has 3 N–H and O–H groups in total. The molecule has 0 unspecified atom stereocenters. The van der Waals surface area contributed by atoms with Crippen LogP contribution in [-0.2, 0) is 11.2 Å². The molecule has 4 atom stereocenters. The van der Waals surface area contributed by atoms with Crippen LogP contribution in [0.25, 0.3) is 11.1 Å². The second-order valence-corrected chi connectivity index (χ2v) is 15.1. The molecular formula is C43H56N2O5. The van der Waals surface area contributed by atoms with Gasteiger partial charge in [0.15, 0.2) is 5.78 Å². The monoisotopic (exact) mass is 680 g/mol. The quantitative estimate of drug-likeness (QED) is 0.114. The van der Waals surface area contributed by atoms with Crippen molar-refractivity contribution in [2.45, 2.75) is 103 Å². The molecule has 3 aromatic carbocycles. The first-order valence-electron chi connectivity index (χ1n) is 18.4. The summed E-state index contributed by atoms with van der Waals surface area (Å²) in [7, 11) is 1.66. The highest BCUT2D eigenvalue weighted by Gasteiger charge is 2.57. The van der Waals surface area contributed by atoms with Crippen LogP contribution in [0.2, 0.25) is 0 Å². The Morgan fingerprint density at radius 3 is 2.48 bits per heavy atom. The van der Waals surface area contributed by atoms with Crippen LogP contribution in [0.1, 0.15) is 106 Å². The lowest BCUT2D eigenvalue weighted by Gasteiger charge is -2.46. The number of nitrogens with one attached hydrogen (secondary N) is 1. The molecule has 50 heavy (non-hydrogen) atoms. The number of hydrogen-bond acceptors (Lipinski definition) is 5. The molecule has 3 aliphatic rings. The van der Waals surface area contributed by atoms with Gasteiger partial charge in [0.2, 0.25) is 0 Å². The molecule has 6 rings (SSSR count). The van der Waals surface area contributed by atoms with Gasteiger partial charge < -0.3 is 25.2 Å². The van der Waals surface area contributed by atoms with Gasteiger partial charge >= 0.3 is 6.03 Å². The summed E-state index contributed by atoms with van der Waals surface area (Å²) in [5.74, 6) is -0.200. The Morgan fingerprint density at radius 1 is 1.00 bits per heavy atom. The van der Waals surface area contributed by atoms with Gasteiger partial charge in [0.1, 0.15) is 0 Å². The maximum absolute atomic E-state index is 14.9. The molecule has 2 bridgehead atoms. The lowest BCUT2D eigenvalue weighted by atomic mass is 9.64. The zero-order valence-electron chi connectivity index (χ0n) is 30.6. The molecule has 1 fully saturated rings. The molecule has 2 amide bonds. The van der Waals surface area contributed by atoms with Crippen LogP contribution in [0, 0.1) is 5.41 Å². The number of hydrogen-bond donors (Lipinski definition) is 3. The van der Waals surface area contributed by atoms with E-state index in [-0.39, 0.29) is 30.3 Å². The topological polar surface area (TPSA) is 99.1 Å². The van der Waals surface area contributed by atoms with Crippen molar-refractivity contribution >= 4 is 11.8 Å². The van der Waals surface area contributed by atoms with Crippen molar-refractivity contribution in [2.75, 3.05) is 26.8 Å². The molecule has 7 nitrogen and oxygen atoms in total. The minimum atomic E-state index is -1.20. The van der Waals surface area contributed by atoms with Crippen LogP contribution in [0.4, 0.5) is 4.79 Å². The summed E-state index contributed by atoms with van der Waals surface area (Å²) >= 11 is 0. The Labute approximate surface area is 298 Å². The van der Waals surface area contributed by atoms with Gasteiger partial charge in [0.05, 0.1) is 18.2 Å². The summed E-state index contributed by atoms with van der Waals surface area (Å²) in [6, 6.07) is 23.6. The molecule has 0 spiro atoms. The smallest absolute Gasteiger partial charge is 0.317 e. The third kappa shape index (κ3) is 8.39. The van der Waals surface area contributed by atoms with E-state index in [1.807, 2.05) is 74.5 Å². The van der Waals surface area contributed by atoms with E-state index in [9.17, 15) is 19.8 Å². The van der Waals surface area contributed by atoms with E-state index >= 15 is 0 Å². The Morgan fingerprint density at radius 2 is 1.74 bits per heavy atom. The number of amides is 2. The van der Waals surface area contributed by atoms with Gasteiger partial charge in [0, 0.05) is 42.8 Å². The number of methoxy groups -OCH3 is 1. The molecule has 3 aliphatic carbocycles. The highest BCUT2D eigenvalue weighted by Crippen LogP contribution is 2.59. The summed E-state index contributed by atoms with van der Waals surface area (Å²) < 4.78 is 5.31. The standard InChI is InChI=1S/C43H56N2O5/c1-30(2)44-41(48)45(25-12-26-50-5)29-43(49)24-22-39-36-21-19-32(27-34(46)20-18-31(3)13-11-23-42(39,43)4)28-38(36)40(47)37-17-10-9-16-35(37)33-14-7-6-8-15-33/h6-10,13-17,19,21,28,30,34,39,46,49H,11-12,18,20,22-27,29H2,1-5H3,(H,44,48)/t34-,39-,42-,43+/m0/s1. The highest BCUT2D eigenvalue weighted by atomic mass is 16.5. The minimum Gasteiger partial charge on any atom is -0.393 e. The Hall–Kier alpha value is -3.78. The third-order valence-electron chi connectivity index (χ3n) is 11.1.